The lowest BCUT2D eigenvalue weighted by atomic mass is 9.84. The number of nitrogens with two attached hydrogens (primary N) is 1. The minimum absolute atomic E-state index is 0.0909. The van der Waals surface area contributed by atoms with Crippen molar-refractivity contribution in [2.45, 2.75) is 51.5 Å². The molecular formula is C16H23N3O. The zero-order valence-electron chi connectivity index (χ0n) is 12.5. The van der Waals surface area contributed by atoms with E-state index < -0.39 is 0 Å². The lowest BCUT2D eigenvalue weighted by molar-refractivity contribution is 0.355. The van der Waals surface area contributed by atoms with Crippen LogP contribution in [0, 0.1) is 0 Å². The monoisotopic (exact) mass is 273 g/mol. The van der Waals surface area contributed by atoms with Crippen LogP contribution in [0.25, 0.3) is 0 Å². The number of aromatic nitrogens is 2. The van der Waals surface area contributed by atoms with Gasteiger partial charge < -0.3 is 10.3 Å². The summed E-state index contributed by atoms with van der Waals surface area (Å²) in [6, 6.07) is 10.3. The van der Waals surface area contributed by atoms with Gasteiger partial charge in [0.2, 0.25) is 5.89 Å². The third kappa shape index (κ3) is 3.25. The van der Waals surface area contributed by atoms with E-state index >= 15 is 0 Å². The predicted molar refractivity (Wildman–Crippen MR) is 79.5 cm³/mol. The lowest BCUT2D eigenvalue weighted by Gasteiger charge is -2.20. The summed E-state index contributed by atoms with van der Waals surface area (Å²) in [6.07, 6.45) is 2.68. The van der Waals surface area contributed by atoms with Crippen LogP contribution in [0.2, 0.25) is 0 Å². The molecule has 4 nitrogen and oxygen atoms in total. The molecule has 0 aliphatic heterocycles. The maximum atomic E-state index is 6.02. The van der Waals surface area contributed by atoms with Crippen LogP contribution in [0.3, 0.4) is 0 Å². The van der Waals surface area contributed by atoms with E-state index in [-0.39, 0.29) is 11.5 Å². The van der Waals surface area contributed by atoms with Gasteiger partial charge in [-0.25, -0.2) is 0 Å². The van der Waals surface area contributed by atoms with Gasteiger partial charge in [0.05, 0.1) is 5.41 Å². The van der Waals surface area contributed by atoms with E-state index in [9.17, 15) is 0 Å². The van der Waals surface area contributed by atoms with Crippen LogP contribution in [0.1, 0.15) is 50.9 Å². The number of nitrogens with zero attached hydrogens (tertiary/aromatic N) is 2. The standard InChI is InChI=1S/C16H23N3O/c1-4-8-13(17)11-14-18-15(19-20-14)16(2,3)12-9-6-5-7-10-12/h5-7,9-10,13H,4,8,11,17H2,1-3H3. The normalized spacial score (nSPS) is 13.4. The first-order valence-electron chi connectivity index (χ1n) is 7.18. The van der Waals surface area contributed by atoms with Gasteiger partial charge in [-0.3, -0.25) is 0 Å². The summed E-state index contributed by atoms with van der Waals surface area (Å²) in [4.78, 5) is 4.52. The molecule has 0 aliphatic carbocycles. The Hall–Kier alpha value is -1.68. The minimum Gasteiger partial charge on any atom is -0.339 e. The Kier molecular flexibility index (Phi) is 4.55. The summed E-state index contributed by atoms with van der Waals surface area (Å²) in [6.45, 7) is 6.32. The van der Waals surface area contributed by atoms with E-state index in [2.05, 4.69) is 43.0 Å². The molecule has 4 heteroatoms. The molecule has 1 aromatic carbocycles. The molecule has 1 aromatic heterocycles. The third-order valence-electron chi connectivity index (χ3n) is 3.62. The number of hydrogen-bond donors (Lipinski definition) is 1. The number of benzene rings is 1. The van der Waals surface area contributed by atoms with Crippen molar-refractivity contribution in [3.05, 3.63) is 47.6 Å². The summed E-state index contributed by atoms with van der Waals surface area (Å²) < 4.78 is 5.35. The Balaban J connectivity index is 2.16. The molecule has 2 N–H and O–H groups in total. The van der Waals surface area contributed by atoms with Crippen molar-refractivity contribution in [1.82, 2.24) is 10.1 Å². The molecule has 0 amide bonds. The molecule has 2 rings (SSSR count). The highest BCUT2D eigenvalue weighted by Crippen LogP contribution is 2.29. The number of rotatable bonds is 6. The van der Waals surface area contributed by atoms with Crippen molar-refractivity contribution in [3.63, 3.8) is 0 Å². The highest BCUT2D eigenvalue weighted by atomic mass is 16.5. The predicted octanol–water partition coefficient (Wildman–Crippen LogP) is 3.07. The fourth-order valence-electron chi connectivity index (χ4n) is 2.27. The Morgan fingerprint density at radius 2 is 1.95 bits per heavy atom. The second-order valence-electron chi connectivity index (χ2n) is 5.76. The van der Waals surface area contributed by atoms with E-state index in [4.69, 9.17) is 10.3 Å². The molecule has 2 aromatic rings. The van der Waals surface area contributed by atoms with Crippen molar-refractivity contribution in [2.75, 3.05) is 0 Å². The van der Waals surface area contributed by atoms with Crippen LogP contribution < -0.4 is 5.73 Å². The molecule has 0 saturated carbocycles. The average Bonchev–Trinajstić information content (AvgIpc) is 2.89. The number of hydrogen-bond acceptors (Lipinski definition) is 4. The van der Waals surface area contributed by atoms with E-state index in [1.807, 2.05) is 18.2 Å². The van der Waals surface area contributed by atoms with Crippen molar-refractivity contribution in [2.24, 2.45) is 5.73 Å². The summed E-state index contributed by atoms with van der Waals surface area (Å²) in [5, 5.41) is 4.14. The van der Waals surface area contributed by atoms with E-state index in [0.717, 1.165) is 12.8 Å². The van der Waals surface area contributed by atoms with Crippen LogP contribution >= 0.6 is 0 Å². The molecule has 1 atom stereocenters. The van der Waals surface area contributed by atoms with Gasteiger partial charge in [0, 0.05) is 12.5 Å². The Bertz CT molecular complexity index is 534. The quantitative estimate of drug-likeness (QED) is 0.878. The Morgan fingerprint density at radius 1 is 1.25 bits per heavy atom. The molecular weight excluding hydrogens is 250 g/mol. The molecule has 0 radical (unpaired) electrons. The lowest BCUT2D eigenvalue weighted by Crippen LogP contribution is -2.23. The van der Waals surface area contributed by atoms with Gasteiger partial charge in [0.25, 0.3) is 0 Å². The highest BCUT2D eigenvalue weighted by Gasteiger charge is 2.28. The van der Waals surface area contributed by atoms with Gasteiger partial charge in [-0.15, -0.1) is 0 Å². The maximum Gasteiger partial charge on any atom is 0.228 e. The summed E-state index contributed by atoms with van der Waals surface area (Å²) >= 11 is 0. The van der Waals surface area contributed by atoms with Crippen LogP contribution in [-0.4, -0.2) is 16.2 Å². The largest absolute Gasteiger partial charge is 0.339 e. The van der Waals surface area contributed by atoms with Gasteiger partial charge in [-0.05, 0) is 25.8 Å². The van der Waals surface area contributed by atoms with Crippen molar-refractivity contribution in [3.8, 4) is 0 Å². The molecule has 108 valence electrons. The van der Waals surface area contributed by atoms with Gasteiger partial charge in [0.1, 0.15) is 0 Å². The summed E-state index contributed by atoms with van der Waals surface area (Å²) in [5.41, 5.74) is 6.92. The van der Waals surface area contributed by atoms with Crippen molar-refractivity contribution >= 4 is 0 Å². The first-order valence-corrected chi connectivity index (χ1v) is 7.18. The van der Waals surface area contributed by atoms with Gasteiger partial charge in [0.15, 0.2) is 5.82 Å². The smallest absolute Gasteiger partial charge is 0.228 e. The van der Waals surface area contributed by atoms with Gasteiger partial charge in [-0.2, -0.15) is 4.98 Å². The van der Waals surface area contributed by atoms with E-state index in [1.54, 1.807) is 0 Å². The molecule has 0 fully saturated rings. The summed E-state index contributed by atoms with van der Waals surface area (Å²) in [5.74, 6) is 1.34. The minimum atomic E-state index is -0.266. The van der Waals surface area contributed by atoms with E-state index in [0.29, 0.717) is 18.1 Å². The summed E-state index contributed by atoms with van der Waals surface area (Å²) in [7, 11) is 0. The van der Waals surface area contributed by atoms with Crippen LogP contribution in [-0.2, 0) is 11.8 Å². The maximum absolute atomic E-state index is 6.02. The Morgan fingerprint density at radius 3 is 2.60 bits per heavy atom. The second kappa shape index (κ2) is 6.18. The molecule has 0 spiro atoms. The molecule has 1 heterocycles. The third-order valence-corrected chi connectivity index (χ3v) is 3.62. The first-order chi connectivity index (χ1) is 9.54. The topological polar surface area (TPSA) is 64.9 Å². The van der Waals surface area contributed by atoms with Crippen LogP contribution in [0.4, 0.5) is 0 Å². The molecule has 1 unspecified atom stereocenters. The Labute approximate surface area is 120 Å². The van der Waals surface area contributed by atoms with Gasteiger partial charge in [-0.1, -0.05) is 48.8 Å². The zero-order valence-corrected chi connectivity index (χ0v) is 12.5. The second-order valence-corrected chi connectivity index (χ2v) is 5.76. The molecule has 20 heavy (non-hydrogen) atoms. The first kappa shape index (κ1) is 14.7. The SMILES string of the molecule is CCCC(N)Cc1nc(C(C)(C)c2ccccc2)no1. The molecule has 0 bridgehead atoms. The van der Waals surface area contributed by atoms with E-state index in [1.165, 1.54) is 5.56 Å². The highest BCUT2D eigenvalue weighted by molar-refractivity contribution is 5.30. The van der Waals surface area contributed by atoms with Crippen molar-refractivity contribution in [1.29, 1.82) is 0 Å². The molecule has 0 saturated heterocycles. The fraction of sp³-hybridized carbons (Fsp3) is 0.500. The van der Waals surface area contributed by atoms with Crippen LogP contribution in [0.15, 0.2) is 34.9 Å². The molecule has 0 aliphatic rings. The average molecular weight is 273 g/mol. The zero-order chi connectivity index (χ0) is 14.6. The van der Waals surface area contributed by atoms with Crippen LogP contribution in [0.5, 0.6) is 0 Å². The fourth-order valence-corrected chi connectivity index (χ4v) is 2.27. The van der Waals surface area contributed by atoms with Crippen molar-refractivity contribution < 1.29 is 4.52 Å². The van der Waals surface area contributed by atoms with Gasteiger partial charge >= 0.3 is 0 Å².